The van der Waals surface area contributed by atoms with E-state index in [9.17, 15) is 0 Å². The largest absolute Gasteiger partial charge is 0.481 e. The number of thiazole rings is 1. The number of aromatic nitrogens is 2. The highest BCUT2D eigenvalue weighted by Gasteiger charge is 2.04. The number of rotatable bonds is 7. The number of hydrogen-bond donors (Lipinski definition) is 1. The first kappa shape index (κ1) is 14.0. The van der Waals surface area contributed by atoms with Crippen LogP contribution in [0.1, 0.15) is 28.8 Å². The average Bonchev–Trinajstić information content (AvgIpc) is 2.88. The van der Waals surface area contributed by atoms with Crippen LogP contribution in [0, 0.1) is 0 Å². The third-order valence-corrected chi connectivity index (χ3v) is 3.69. The maximum absolute atomic E-state index is 5.05. The Bertz CT molecular complexity index is 496. The molecule has 0 spiro atoms. The molecule has 0 aliphatic rings. The lowest BCUT2D eigenvalue weighted by molar-refractivity contribution is 0.397. The third kappa shape index (κ3) is 4.29. The highest BCUT2D eigenvalue weighted by molar-refractivity contribution is 7.11. The lowest BCUT2D eigenvalue weighted by Crippen LogP contribution is -2.12. The number of ether oxygens (including phenoxy) is 1. The average molecular weight is 277 g/mol. The van der Waals surface area contributed by atoms with Gasteiger partial charge in [0, 0.05) is 36.3 Å². The van der Waals surface area contributed by atoms with E-state index in [4.69, 9.17) is 4.74 Å². The SMILES string of the molecule is CCCNCc1cnc(Cc2ccc(OC)nc2)s1. The van der Waals surface area contributed by atoms with Gasteiger partial charge in [0.25, 0.3) is 0 Å². The molecule has 0 aromatic carbocycles. The van der Waals surface area contributed by atoms with Gasteiger partial charge in [-0.3, -0.25) is 0 Å². The predicted octanol–water partition coefficient (Wildman–Crippen LogP) is 2.64. The molecule has 0 unspecified atom stereocenters. The highest BCUT2D eigenvalue weighted by Crippen LogP contribution is 2.17. The van der Waals surface area contributed by atoms with Gasteiger partial charge in [-0.1, -0.05) is 13.0 Å². The summed E-state index contributed by atoms with van der Waals surface area (Å²) in [5.74, 6) is 0.646. The highest BCUT2D eigenvalue weighted by atomic mass is 32.1. The normalized spacial score (nSPS) is 10.6. The van der Waals surface area contributed by atoms with Gasteiger partial charge in [-0.05, 0) is 18.5 Å². The molecule has 0 aliphatic heterocycles. The summed E-state index contributed by atoms with van der Waals surface area (Å²) in [5.41, 5.74) is 1.16. The second-order valence-electron chi connectivity index (χ2n) is 4.28. The summed E-state index contributed by atoms with van der Waals surface area (Å²) in [5, 5.41) is 4.51. The molecule has 0 amide bonds. The fourth-order valence-corrected chi connectivity index (χ4v) is 2.64. The van der Waals surface area contributed by atoms with Crippen LogP contribution in [0.3, 0.4) is 0 Å². The molecule has 0 saturated carbocycles. The van der Waals surface area contributed by atoms with Crippen LogP contribution in [0.15, 0.2) is 24.5 Å². The number of methoxy groups -OCH3 is 1. The zero-order valence-corrected chi connectivity index (χ0v) is 12.2. The molecular weight excluding hydrogens is 258 g/mol. The van der Waals surface area contributed by atoms with Gasteiger partial charge >= 0.3 is 0 Å². The van der Waals surface area contributed by atoms with Crippen LogP contribution in [-0.2, 0) is 13.0 Å². The minimum absolute atomic E-state index is 0.646. The van der Waals surface area contributed by atoms with Gasteiger partial charge in [0.1, 0.15) is 0 Å². The molecule has 1 N–H and O–H groups in total. The van der Waals surface area contributed by atoms with Crippen molar-refractivity contribution in [2.75, 3.05) is 13.7 Å². The molecule has 0 aliphatic carbocycles. The van der Waals surface area contributed by atoms with E-state index in [1.807, 2.05) is 24.5 Å². The maximum Gasteiger partial charge on any atom is 0.212 e. The molecule has 0 radical (unpaired) electrons. The minimum Gasteiger partial charge on any atom is -0.481 e. The predicted molar refractivity (Wildman–Crippen MR) is 77.7 cm³/mol. The van der Waals surface area contributed by atoms with Crippen LogP contribution >= 0.6 is 11.3 Å². The summed E-state index contributed by atoms with van der Waals surface area (Å²) in [4.78, 5) is 9.94. The smallest absolute Gasteiger partial charge is 0.212 e. The molecular formula is C14H19N3OS. The number of hydrogen-bond acceptors (Lipinski definition) is 5. The summed E-state index contributed by atoms with van der Waals surface area (Å²) >= 11 is 1.76. The van der Waals surface area contributed by atoms with Crippen LogP contribution in [0.25, 0.3) is 0 Å². The standard InChI is InChI=1S/C14H19N3OS/c1-3-6-15-9-12-10-17-14(19-12)7-11-4-5-13(18-2)16-8-11/h4-5,8,10,15H,3,6-7,9H2,1-2H3. The summed E-state index contributed by atoms with van der Waals surface area (Å²) < 4.78 is 5.05. The van der Waals surface area contributed by atoms with Gasteiger partial charge in [-0.25, -0.2) is 9.97 Å². The van der Waals surface area contributed by atoms with Gasteiger partial charge in [-0.15, -0.1) is 11.3 Å². The third-order valence-electron chi connectivity index (χ3n) is 2.69. The molecule has 2 rings (SSSR count). The van der Waals surface area contributed by atoms with E-state index >= 15 is 0 Å². The van der Waals surface area contributed by atoms with Crippen molar-refractivity contribution in [1.82, 2.24) is 15.3 Å². The Morgan fingerprint density at radius 1 is 1.26 bits per heavy atom. The van der Waals surface area contributed by atoms with Crippen molar-refractivity contribution in [3.63, 3.8) is 0 Å². The van der Waals surface area contributed by atoms with Crippen molar-refractivity contribution in [2.24, 2.45) is 0 Å². The van der Waals surface area contributed by atoms with E-state index in [-0.39, 0.29) is 0 Å². The van der Waals surface area contributed by atoms with Crippen molar-refractivity contribution < 1.29 is 4.74 Å². The second-order valence-corrected chi connectivity index (χ2v) is 5.48. The molecule has 102 valence electrons. The first-order valence-electron chi connectivity index (χ1n) is 6.45. The van der Waals surface area contributed by atoms with Crippen molar-refractivity contribution in [2.45, 2.75) is 26.3 Å². The molecule has 4 nitrogen and oxygen atoms in total. The Hall–Kier alpha value is -1.46. The quantitative estimate of drug-likeness (QED) is 0.790. The Kier molecular flexibility index (Phi) is 5.30. The van der Waals surface area contributed by atoms with Crippen LogP contribution in [0.2, 0.25) is 0 Å². The lowest BCUT2D eigenvalue weighted by Gasteiger charge is -2.00. The molecule has 0 atom stereocenters. The molecule has 5 heteroatoms. The Labute approximate surface area is 117 Å². The molecule has 2 aromatic heterocycles. The van der Waals surface area contributed by atoms with Crippen molar-refractivity contribution in [3.05, 3.63) is 40.0 Å². The molecule has 19 heavy (non-hydrogen) atoms. The Morgan fingerprint density at radius 3 is 2.84 bits per heavy atom. The van der Waals surface area contributed by atoms with E-state index < -0.39 is 0 Å². The molecule has 0 fully saturated rings. The second kappa shape index (κ2) is 7.21. The van der Waals surface area contributed by atoms with Gasteiger partial charge < -0.3 is 10.1 Å². The zero-order valence-electron chi connectivity index (χ0n) is 11.3. The minimum atomic E-state index is 0.646. The summed E-state index contributed by atoms with van der Waals surface area (Å²) in [6, 6.07) is 3.91. The van der Waals surface area contributed by atoms with Gasteiger partial charge in [0.2, 0.25) is 5.88 Å². The Balaban J connectivity index is 1.91. The van der Waals surface area contributed by atoms with E-state index in [2.05, 4.69) is 22.2 Å². The molecule has 2 heterocycles. The van der Waals surface area contributed by atoms with E-state index in [0.717, 1.165) is 36.5 Å². The van der Waals surface area contributed by atoms with E-state index in [1.54, 1.807) is 18.4 Å². The lowest BCUT2D eigenvalue weighted by atomic mass is 10.2. The van der Waals surface area contributed by atoms with Crippen LogP contribution < -0.4 is 10.1 Å². The maximum atomic E-state index is 5.05. The Morgan fingerprint density at radius 2 is 2.16 bits per heavy atom. The van der Waals surface area contributed by atoms with Gasteiger partial charge in [0.15, 0.2) is 0 Å². The van der Waals surface area contributed by atoms with Crippen LogP contribution in [0.4, 0.5) is 0 Å². The summed E-state index contributed by atoms with van der Waals surface area (Å²) in [7, 11) is 1.62. The topological polar surface area (TPSA) is 47.0 Å². The van der Waals surface area contributed by atoms with Crippen LogP contribution in [0.5, 0.6) is 5.88 Å². The monoisotopic (exact) mass is 277 g/mol. The van der Waals surface area contributed by atoms with Crippen LogP contribution in [-0.4, -0.2) is 23.6 Å². The van der Waals surface area contributed by atoms with Gasteiger partial charge in [-0.2, -0.15) is 0 Å². The van der Waals surface area contributed by atoms with Crippen molar-refractivity contribution >= 4 is 11.3 Å². The van der Waals surface area contributed by atoms with Gasteiger partial charge in [0.05, 0.1) is 12.1 Å². The summed E-state index contributed by atoms with van der Waals surface area (Å²) in [6.07, 6.45) is 5.79. The number of nitrogens with one attached hydrogen (secondary N) is 1. The van der Waals surface area contributed by atoms with Crippen molar-refractivity contribution in [3.8, 4) is 5.88 Å². The number of nitrogens with zero attached hydrogens (tertiary/aromatic N) is 2. The fourth-order valence-electron chi connectivity index (χ4n) is 1.71. The molecule has 0 saturated heterocycles. The first-order valence-corrected chi connectivity index (χ1v) is 7.26. The summed E-state index contributed by atoms with van der Waals surface area (Å²) in [6.45, 7) is 4.13. The fraction of sp³-hybridized carbons (Fsp3) is 0.429. The van der Waals surface area contributed by atoms with E-state index in [0.29, 0.717) is 5.88 Å². The molecule has 2 aromatic rings. The zero-order chi connectivity index (χ0) is 13.5. The van der Waals surface area contributed by atoms with E-state index in [1.165, 1.54) is 4.88 Å². The number of pyridine rings is 1. The molecule has 0 bridgehead atoms. The van der Waals surface area contributed by atoms with Crippen molar-refractivity contribution in [1.29, 1.82) is 0 Å². The first-order chi connectivity index (χ1) is 9.31.